The van der Waals surface area contributed by atoms with Gasteiger partial charge in [-0.25, -0.2) is 13.1 Å². The molecule has 2 aromatic heterocycles. The lowest BCUT2D eigenvalue weighted by Crippen LogP contribution is -2.22. The Kier molecular flexibility index (Phi) is 4.04. The highest BCUT2D eigenvalue weighted by molar-refractivity contribution is 7.91. The van der Waals surface area contributed by atoms with Gasteiger partial charge in [-0.3, -0.25) is 0 Å². The predicted molar refractivity (Wildman–Crippen MR) is 70.2 cm³/mol. The number of hydrogen-bond donors (Lipinski definition) is 2. The van der Waals surface area contributed by atoms with Crippen LogP contribution >= 0.6 is 11.3 Å². The summed E-state index contributed by atoms with van der Waals surface area (Å²) < 4.78 is 31.7. The minimum absolute atomic E-state index is 0.135. The molecule has 0 aliphatic rings. The molecule has 0 spiro atoms. The maximum Gasteiger partial charge on any atom is 0.250 e. The summed E-state index contributed by atoms with van der Waals surface area (Å²) in [5.74, 6) is 0.599. The number of nitrogens with one attached hydrogen (secondary N) is 1. The molecule has 2 aromatic rings. The first kappa shape index (κ1) is 14.2. The number of aliphatic hydroxyl groups is 1. The second-order valence-electron chi connectivity index (χ2n) is 4.01. The number of aryl methyl sites for hydroxylation is 2. The molecule has 0 saturated heterocycles. The van der Waals surface area contributed by atoms with E-state index >= 15 is 0 Å². The lowest BCUT2D eigenvalue weighted by molar-refractivity contribution is 0.285. The quantitative estimate of drug-likeness (QED) is 0.869. The van der Waals surface area contributed by atoms with Crippen molar-refractivity contribution in [2.45, 2.75) is 31.2 Å². The van der Waals surface area contributed by atoms with Crippen molar-refractivity contribution in [2.24, 2.45) is 0 Å². The third-order valence-corrected chi connectivity index (χ3v) is 5.64. The highest BCUT2D eigenvalue weighted by atomic mass is 32.2. The molecule has 0 saturated carbocycles. The second kappa shape index (κ2) is 5.41. The van der Waals surface area contributed by atoms with Crippen molar-refractivity contribution in [3.63, 3.8) is 0 Å². The Morgan fingerprint density at radius 3 is 2.68 bits per heavy atom. The fourth-order valence-corrected chi connectivity index (χ4v) is 3.84. The summed E-state index contributed by atoms with van der Waals surface area (Å²) in [6, 6.07) is 3.07. The van der Waals surface area contributed by atoms with Crippen molar-refractivity contribution in [3.8, 4) is 0 Å². The Morgan fingerprint density at radius 2 is 2.16 bits per heavy atom. The Bertz CT molecular complexity index is 653. The van der Waals surface area contributed by atoms with E-state index in [0.717, 1.165) is 16.9 Å². The van der Waals surface area contributed by atoms with E-state index in [1.165, 1.54) is 6.07 Å². The SMILES string of the molecule is Cc1noc(C)c1CNS(=O)(=O)c1ccc(CO)s1. The molecule has 0 fully saturated rings. The van der Waals surface area contributed by atoms with E-state index in [1.54, 1.807) is 19.9 Å². The molecule has 8 heteroatoms. The first-order valence-electron chi connectivity index (χ1n) is 5.55. The highest BCUT2D eigenvalue weighted by Crippen LogP contribution is 2.22. The average molecular weight is 302 g/mol. The zero-order chi connectivity index (χ0) is 14.0. The van der Waals surface area contributed by atoms with E-state index < -0.39 is 10.0 Å². The summed E-state index contributed by atoms with van der Waals surface area (Å²) in [4.78, 5) is 0.609. The molecule has 6 nitrogen and oxygen atoms in total. The number of rotatable bonds is 5. The van der Waals surface area contributed by atoms with Crippen LogP contribution in [0.25, 0.3) is 0 Å². The van der Waals surface area contributed by atoms with Crippen LogP contribution in [0.5, 0.6) is 0 Å². The Balaban J connectivity index is 2.14. The molecule has 0 aliphatic heterocycles. The molecule has 104 valence electrons. The third kappa shape index (κ3) is 3.03. The summed E-state index contributed by atoms with van der Waals surface area (Å²) in [6.07, 6.45) is 0. The zero-order valence-electron chi connectivity index (χ0n) is 10.5. The number of hydrogen-bond acceptors (Lipinski definition) is 6. The van der Waals surface area contributed by atoms with E-state index in [4.69, 9.17) is 9.63 Å². The van der Waals surface area contributed by atoms with Gasteiger partial charge in [0.1, 0.15) is 9.97 Å². The van der Waals surface area contributed by atoms with Crippen molar-refractivity contribution in [1.82, 2.24) is 9.88 Å². The number of aromatic nitrogens is 1. The Hall–Kier alpha value is -1.22. The van der Waals surface area contributed by atoms with E-state index in [9.17, 15) is 8.42 Å². The normalized spacial score (nSPS) is 11.9. The molecule has 2 heterocycles. The van der Waals surface area contributed by atoms with Gasteiger partial charge in [0.25, 0.3) is 0 Å². The van der Waals surface area contributed by atoms with Crippen molar-refractivity contribution in [2.75, 3.05) is 0 Å². The molecule has 2 rings (SSSR count). The van der Waals surface area contributed by atoms with Gasteiger partial charge in [-0.05, 0) is 26.0 Å². The lowest BCUT2D eigenvalue weighted by Gasteiger charge is -2.04. The van der Waals surface area contributed by atoms with Crippen LogP contribution in [0.1, 0.15) is 21.9 Å². The Labute approximate surface area is 115 Å². The van der Waals surface area contributed by atoms with Crippen LogP contribution in [-0.4, -0.2) is 18.7 Å². The van der Waals surface area contributed by atoms with Crippen LogP contribution < -0.4 is 4.72 Å². The van der Waals surface area contributed by atoms with Gasteiger partial charge in [0, 0.05) is 17.0 Å². The maximum atomic E-state index is 12.0. The van der Waals surface area contributed by atoms with Crippen molar-refractivity contribution < 1.29 is 18.0 Å². The van der Waals surface area contributed by atoms with E-state index in [-0.39, 0.29) is 17.4 Å². The second-order valence-corrected chi connectivity index (χ2v) is 7.17. The lowest BCUT2D eigenvalue weighted by atomic mass is 10.2. The predicted octanol–water partition coefficient (Wildman–Crippen LogP) is 1.32. The first-order chi connectivity index (χ1) is 8.94. The summed E-state index contributed by atoms with van der Waals surface area (Å²) >= 11 is 1.05. The minimum atomic E-state index is -3.57. The first-order valence-corrected chi connectivity index (χ1v) is 7.85. The van der Waals surface area contributed by atoms with Crippen LogP contribution in [0.3, 0.4) is 0 Å². The smallest absolute Gasteiger partial charge is 0.250 e. The summed E-state index contributed by atoms with van der Waals surface area (Å²) in [5.41, 5.74) is 1.41. The molecule has 2 N–H and O–H groups in total. The molecule has 0 amide bonds. The standard InChI is InChI=1S/C11H14N2O4S2/c1-7-10(8(2)17-13-7)5-12-19(15,16)11-4-3-9(6-14)18-11/h3-4,12,14H,5-6H2,1-2H3. The van der Waals surface area contributed by atoms with Crippen LogP contribution in [0.4, 0.5) is 0 Å². The van der Waals surface area contributed by atoms with E-state index in [2.05, 4.69) is 9.88 Å². The molecule has 0 atom stereocenters. The molecule has 0 aromatic carbocycles. The topological polar surface area (TPSA) is 92.4 Å². The van der Waals surface area contributed by atoms with Crippen LogP contribution in [0.15, 0.2) is 20.9 Å². The molecular formula is C11H14N2O4S2. The summed E-state index contributed by atoms with van der Waals surface area (Å²) in [5, 5.41) is 12.7. The number of nitrogens with zero attached hydrogens (tertiary/aromatic N) is 1. The van der Waals surface area contributed by atoms with Crippen LogP contribution in [0, 0.1) is 13.8 Å². The molecule has 19 heavy (non-hydrogen) atoms. The fourth-order valence-electron chi connectivity index (χ4n) is 1.58. The molecule has 0 bridgehead atoms. The minimum Gasteiger partial charge on any atom is -0.391 e. The molecule has 0 unspecified atom stereocenters. The van der Waals surface area contributed by atoms with Crippen molar-refractivity contribution >= 4 is 21.4 Å². The van der Waals surface area contributed by atoms with Gasteiger partial charge in [-0.1, -0.05) is 5.16 Å². The van der Waals surface area contributed by atoms with Gasteiger partial charge in [0.15, 0.2) is 0 Å². The number of aliphatic hydroxyl groups excluding tert-OH is 1. The van der Waals surface area contributed by atoms with Gasteiger partial charge < -0.3 is 9.63 Å². The summed E-state index contributed by atoms with van der Waals surface area (Å²) in [6.45, 7) is 3.47. The van der Waals surface area contributed by atoms with Crippen LogP contribution in [-0.2, 0) is 23.2 Å². The maximum absolute atomic E-state index is 12.0. The monoisotopic (exact) mass is 302 g/mol. The van der Waals surface area contributed by atoms with Gasteiger partial charge in [0.05, 0.1) is 12.3 Å². The van der Waals surface area contributed by atoms with Gasteiger partial charge >= 0.3 is 0 Å². The molecular weight excluding hydrogens is 288 g/mol. The zero-order valence-corrected chi connectivity index (χ0v) is 12.1. The van der Waals surface area contributed by atoms with Crippen LogP contribution in [0.2, 0.25) is 0 Å². The van der Waals surface area contributed by atoms with Gasteiger partial charge in [-0.15, -0.1) is 11.3 Å². The van der Waals surface area contributed by atoms with E-state index in [1.807, 2.05) is 0 Å². The summed E-state index contributed by atoms with van der Waals surface area (Å²) in [7, 11) is -3.57. The number of sulfonamides is 1. The molecule has 0 aliphatic carbocycles. The molecule has 0 radical (unpaired) electrons. The largest absolute Gasteiger partial charge is 0.391 e. The van der Waals surface area contributed by atoms with Gasteiger partial charge in [0.2, 0.25) is 10.0 Å². The Morgan fingerprint density at radius 1 is 1.42 bits per heavy atom. The average Bonchev–Trinajstić information content (AvgIpc) is 2.96. The number of thiophene rings is 1. The third-order valence-electron chi connectivity index (χ3n) is 2.68. The van der Waals surface area contributed by atoms with E-state index in [0.29, 0.717) is 16.3 Å². The highest BCUT2D eigenvalue weighted by Gasteiger charge is 2.18. The van der Waals surface area contributed by atoms with Crippen molar-refractivity contribution in [3.05, 3.63) is 34.0 Å². The van der Waals surface area contributed by atoms with Crippen molar-refractivity contribution in [1.29, 1.82) is 0 Å². The fraction of sp³-hybridized carbons (Fsp3) is 0.364. The van der Waals surface area contributed by atoms with Gasteiger partial charge in [-0.2, -0.15) is 0 Å².